The van der Waals surface area contributed by atoms with Crippen molar-refractivity contribution in [1.29, 1.82) is 0 Å². The van der Waals surface area contributed by atoms with Crippen LogP contribution in [0.15, 0.2) is 17.8 Å². The first kappa shape index (κ1) is 5.09. The summed E-state index contributed by atoms with van der Waals surface area (Å²) in [7, 11) is 0. The Kier molecular flexibility index (Phi) is 1.16. The van der Waals surface area contributed by atoms with Gasteiger partial charge in [0.05, 0.1) is 6.08 Å². The molecular formula is C6H5NO. The van der Waals surface area contributed by atoms with Crippen molar-refractivity contribution < 1.29 is 4.79 Å². The smallest absolute Gasteiger partial charge is 0.267 e. The van der Waals surface area contributed by atoms with E-state index in [1.165, 1.54) is 6.20 Å². The lowest BCUT2D eigenvalue weighted by Gasteiger charge is -1.95. The molecule has 1 amide bonds. The quantitative estimate of drug-likeness (QED) is 0.440. The average molecular weight is 107 g/mol. The minimum Gasteiger partial charge on any atom is -0.267 e. The van der Waals surface area contributed by atoms with Gasteiger partial charge in [-0.05, 0) is 18.6 Å². The molecular weight excluding hydrogens is 102 g/mol. The Hall–Kier alpha value is -1.05. The number of amides is 1. The number of carbonyl (C=O) groups is 1. The van der Waals surface area contributed by atoms with Crippen LogP contribution in [0.1, 0.15) is 6.92 Å². The largest absolute Gasteiger partial charge is 0.277 e. The zero-order chi connectivity index (χ0) is 5.98. The molecule has 0 fully saturated rings. The van der Waals surface area contributed by atoms with Crippen molar-refractivity contribution in [3.63, 3.8) is 0 Å². The van der Waals surface area contributed by atoms with Crippen LogP contribution in [-0.4, -0.2) is 5.91 Å². The third-order valence-electron chi connectivity index (χ3n) is 0.809. The van der Waals surface area contributed by atoms with Gasteiger partial charge in [-0.3, -0.25) is 4.79 Å². The highest BCUT2D eigenvalue weighted by Crippen LogP contribution is 1.96. The van der Waals surface area contributed by atoms with Crippen molar-refractivity contribution in [3.8, 4) is 0 Å². The number of hydrogen-bond acceptors (Lipinski definition) is 1. The summed E-state index contributed by atoms with van der Waals surface area (Å²) in [5.41, 5.74) is 0.963. The van der Waals surface area contributed by atoms with Crippen molar-refractivity contribution in [2.75, 3.05) is 0 Å². The van der Waals surface area contributed by atoms with Crippen molar-refractivity contribution in [1.82, 2.24) is 5.32 Å². The van der Waals surface area contributed by atoms with Gasteiger partial charge < -0.3 is 0 Å². The van der Waals surface area contributed by atoms with Crippen molar-refractivity contribution in [2.24, 2.45) is 0 Å². The van der Waals surface area contributed by atoms with E-state index >= 15 is 0 Å². The van der Waals surface area contributed by atoms with Crippen molar-refractivity contribution in [3.05, 3.63) is 23.9 Å². The Bertz CT molecular complexity index is 165. The molecule has 0 unspecified atom stereocenters. The van der Waals surface area contributed by atoms with Gasteiger partial charge in [-0.1, -0.05) is 0 Å². The second-order valence-corrected chi connectivity index (χ2v) is 1.60. The fourth-order valence-corrected chi connectivity index (χ4v) is 0.411. The number of nitrogens with zero attached hydrogens (tertiary/aromatic N) is 1. The molecule has 1 rings (SSSR count). The van der Waals surface area contributed by atoms with E-state index < -0.39 is 0 Å². The van der Waals surface area contributed by atoms with E-state index in [2.05, 4.69) is 11.4 Å². The Balaban J connectivity index is 2.71. The van der Waals surface area contributed by atoms with Gasteiger partial charge in [0.2, 0.25) is 0 Å². The Morgan fingerprint density at radius 3 is 2.88 bits per heavy atom. The Morgan fingerprint density at radius 1 is 1.75 bits per heavy atom. The van der Waals surface area contributed by atoms with E-state index in [1.54, 1.807) is 6.08 Å². The van der Waals surface area contributed by atoms with Gasteiger partial charge in [-0.25, -0.2) is 5.32 Å². The molecule has 0 aromatic rings. The highest BCUT2D eigenvalue weighted by atomic mass is 16.1. The van der Waals surface area contributed by atoms with Crippen LogP contribution in [0.5, 0.6) is 0 Å². The molecule has 40 valence electrons. The summed E-state index contributed by atoms with van der Waals surface area (Å²) in [6.45, 7) is 1.86. The monoisotopic (exact) mass is 107 g/mol. The van der Waals surface area contributed by atoms with Gasteiger partial charge in [-0.15, -0.1) is 0 Å². The van der Waals surface area contributed by atoms with Gasteiger partial charge in [0.25, 0.3) is 5.91 Å². The van der Waals surface area contributed by atoms with Crippen LogP contribution in [0.25, 0.3) is 0 Å². The Morgan fingerprint density at radius 2 is 2.50 bits per heavy atom. The fraction of sp³-hybridized carbons (Fsp3) is 0.167. The van der Waals surface area contributed by atoms with E-state index in [9.17, 15) is 4.79 Å². The minimum absolute atomic E-state index is 0.296. The number of carbonyl (C=O) groups excluding carboxylic acids is 1. The molecule has 8 heavy (non-hydrogen) atoms. The molecule has 0 N–H and O–H groups in total. The van der Waals surface area contributed by atoms with Crippen LogP contribution in [-0.2, 0) is 4.79 Å². The van der Waals surface area contributed by atoms with E-state index in [0.29, 0.717) is 0 Å². The SMILES string of the molecule is CC1=C[N]C(=O)[C]=C1. The van der Waals surface area contributed by atoms with Crippen LogP contribution in [0.3, 0.4) is 0 Å². The summed E-state index contributed by atoms with van der Waals surface area (Å²) in [5, 5.41) is 3.47. The van der Waals surface area contributed by atoms with Crippen molar-refractivity contribution >= 4 is 5.91 Å². The molecule has 0 atom stereocenters. The highest BCUT2D eigenvalue weighted by Gasteiger charge is 1.98. The van der Waals surface area contributed by atoms with Gasteiger partial charge in [-0.2, -0.15) is 0 Å². The average Bonchev–Trinajstić information content (AvgIpc) is 1.77. The molecule has 1 aliphatic heterocycles. The number of rotatable bonds is 0. The van der Waals surface area contributed by atoms with E-state index in [4.69, 9.17) is 0 Å². The number of allylic oxidation sites excluding steroid dienone is 2. The maximum atomic E-state index is 10.3. The molecule has 1 heterocycles. The summed E-state index contributed by atoms with van der Waals surface area (Å²) in [5.74, 6) is -0.296. The normalized spacial score (nSPS) is 17.6. The molecule has 2 radical (unpaired) electrons. The molecule has 1 aliphatic rings. The fourth-order valence-electron chi connectivity index (χ4n) is 0.411. The minimum atomic E-state index is -0.296. The van der Waals surface area contributed by atoms with Gasteiger partial charge in [0.1, 0.15) is 0 Å². The molecule has 0 bridgehead atoms. The summed E-state index contributed by atoms with van der Waals surface area (Å²) < 4.78 is 0. The maximum Gasteiger partial charge on any atom is 0.277 e. The zero-order valence-corrected chi connectivity index (χ0v) is 4.51. The molecule has 0 aliphatic carbocycles. The van der Waals surface area contributed by atoms with Crippen molar-refractivity contribution in [2.45, 2.75) is 6.92 Å². The van der Waals surface area contributed by atoms with Crippen LogP contribution in [0.2, 0.25) is 0 Å². The summed E-state index contributed by atoms with van der Waals surface area (Å²) >= 11 is 0. The van der Waals surface area contributed by atoms with Crippen LogP contribution < -0.4 is 5.32 Å². The van der Waals surface area contributed by atoms with E-state index in [0.717, 1.165) is 5.57 Å². The maximum absolute atomic E-state index is 10.3. The lowest BCUT2D eigenvalue weighted by molar-refractivity contribution is -0.116. The summed E-state index contributed by atoms with van der Waals surface area (Å²) in [4.78, 5) is 10.3. The van der Waals surface area contributed by atoms with E-state index in [1.807, 2.05) is 6.92 Å². The molecule has 2 heteroatoms. The predicted octanol–water partition coefficient (Wildman–Crippen LogP) is 0.394. The van der Waals surface area contributed by atoms with Gasteiger partial charge in [0, 0.05) is 6.20 Å². The lowest BCUT2D eigenvalue weighted by Crippen LogP contribution is -2.09. The second kappa shape index (κ2) is 1.82. The molecule has 0 aromatic heterocycles. The zero-order valence-electron chi connectivity index (χ0n) is 4.51. The molecule has 0 spiro atoms. The van der Waals surface area contributed by atoms with E-state index in [-0.39, 0.29) is 5.91 Å². The summed E-state index contributed by atoms with van der Waals surface area (Å²) in [6.07, 6.45) is 5.58. The first-order chi connectivity index (χ1) is 3.79. The Labute approximate surface area is 47.9 Å². The molecule has 0 saturated heterocycles. The summed E-state index contributed by atoms with van der Waals surface area (Å²) in [6, 6.07) is 0. The van der Waals surface area contributed by atoms with Gasteiger partial charge >= 0.3 is 0 Å². The first-order valence-corrected chi connectivity index (χ1v) is 2.30. The second-order valence-electron chi connectivity index (χ2n) is 1.60. The third-order valence-corrected chi connectivity index (χ3v) is 0.809. The molecule has 0 saturated carbocycles. The standard InChI is InChI=1S/C6H5NO/c1-5-2-3-6(8)7-4-5/h2,4H,1H3. The molecule has 0 aromatic carbocycles. The van der Waals surface area contributed by atoms with Crippen LogP contribution >= 0.6 is 0 Å². The van der Waals surface area contributed by atoms with Crippen LogP contribution in [0, 0.1) is 6.08 Å². The number of hydrogen-bond donors (Lipinski definition) is 0. The van der Waals surface area contributed by atoms with Gasteiger partial charge in [0.15, 0.2) is 0 Å². The highest BCUT2D eigenvalue weighted by molar-refractivity contribution is 5.85. The van der Waals surface area contributed by atoms with Crippen LogP contribution in [0.4, 0.5) is 0 Å². The lowest BCUT2D eigenvalue weighted by atomic mass is 10.2. The predicted molar refractivity (Wildman–Crippen MR) is 28.7 cm³/mol. The third kappa shape index (κ3) is 0.964. The topological polar surface area (TPSA) is 31.2 Å². The first-order valence-electron chi connectivity index (χ1n) is 2.30. The molecule has 2 nitrogen and oxygen atoms in total.